The molecule has 0 spiro atoms. The number of amides is 3. The Balaban J connectivity index is 1.40. The van der Waals surface area contributed by atoms with E-state index in [4.69, 9.17) is 11.6 Å². The van der Waals surface area contributed by atoms with E-state index in [1.807, 2.05) is 4.90 Å². The molecule has 0 radical (unpaired) electrons. The fraction of sp³-hybridized carbons (Fsp3) is 0.278. The lowest BCUT2D eigenvalue weighted by Crippen LogP contribution is -2.52. The zero-order valence-electron chi connectivity index (χ0n) is 14.3. The van der Waals surface area contributed by atoms with Gasteiger partial charge in [-0.1, -0.05) is 17.7 Å². The highest BCUT2D eigenvalue weighted by Gasteiger charge is 2.39. The van der Waals surface area contributed by atoms with Crippen molar-refractivity contribution in [3.63, 3.8) is 0 Å². The third-order valence-electron chi connectivity index (χ3n) is 4.71. The summed E-state index contributed by atoms with van der Waals surface area (Å²) in [5.74, 6) is -0.652. The van der Waals surface area contributed by atoms with Crippen molar-refractivity contribution in [2.45, 2.75) is 0 Å². The van der Waals surface area contributed by atoms with Crippen LogP contribution >= 0.6 is 11.6 Å². The molecule has 4 rings (SSSR count). The average molecular weight is 386 g/mol. The molecule has 1 fully saturated rings. The second kappa shape index (κ2) is 6.96. The van der Waals surface area contributed by atoms with Crippen LogP contribution in [0.1, 0.15) is 20.7 Å². The van der Waals surface area contributed by atoms with Crippen molar-refractivity contribution in [2.24, 2.45) is 0 Å². The Morgan fingerprint density at radius 3 is 2.37 bits per heavy atom. The maximum absolute atomic E-state index is 12.6. The predicted octanol–water partition coefficient (Wildman–Crippen LogP) is 1.07. The van der Waals surface area contributed by atoms with Crippen LogP contribution < -0.4 is 4.90 Å². The van der Waals surface area contributed by atoms with E-state index >= 15 is 0 Å². The summed E-state index contributed by atoms with van der Waals surface area (Å²) in [6.45, 7) is 1.83. The molecule has 1 aromatic carbocycles. The van der Waals surface area contributed by atoms with Gasteiger partial charge in [-0.05, 0) is 18.2 Å². The molecule has 0 aliphatic carbocycles. The molecule has 138 valence electrons. The first-order valence-corrected chi connectivity index (χ1v) is 8.88. The molecule has 0 unspecified atom stereocenters. The van der Waals surface area contributed by atoms with Gasteiger partial charge in [-0.2, -0.15) is 0 Å². The van der Waals surface area contributed by atoms with Gasteiger partial charge in [0, 0.05) is 38.6 Å². The van der Waals surface area contributed by atoms with E-state index in [1.54, 1.807) is 41.6 Å². The van der Waals surface area contributed by atoms with E-state index in [2.05, 4.69) is 9.97 Å². The van der Waals surface area contributed by atoms with Crippen LogP contribution in [-0.2, 0) is 4.79 Å². The fourth-order valence-electron chi connectivity index (χ4n) is 3.28. The van der Waals surface area contributed by atoms with Crippen LogP contribution in [0, 0.1) is 0 Å². The van der Waals surface area contributed by atoms with Crippen LogP contribution in [0.2, 0.25) is 5.02 Å². The van der Waals surface area contributed by atoms with Gasteiger partial charge in [-0.3, -0.25) is 19.3 Å². The second-order valence-electron chi connectivity index (χ2n) is 6.28. The number of hydrogen-bond acceptors (Lipinski definition) is 6. The van der Waals surface area contributed by atoms with Gasteiger partial charge in [0.25, 0.3) is 11.8 Å². The summed E-state index contributed by atoms with van der Waals surface area (Å²) in [5, 5.41) is 0.220. The van der Waals surface area contributed by atoms with Gasteiger partial charge in [0.2, 0.25) is 11.9 Å². The van der Waals surface area contributed by atoms with Crippen LogP contribution in [0.25, 0.3) is 0 Å². The van der Waals surface area contributed by atoms with E-state index in [-0.39, 0.29) is 28.6 Å². The molecule has 0 saturated carbocycles. The minimum atomic E-state index is -0.523. The molecule has 1 aromatic heterocycles. The number of imide groups is 1. The topological polar surface area (TPSA) is 86.7 Å². The van der Waals surface area contributed by atoms with Gasteiger partial charge in [-0.25, -0.2) is 9.97 Å². The van der Waals surface area contributed by atoms with Crippen LogP contribution in [-0.4, -0.2) is 70.2 Å². The van der Waals surface area contributed by atoms with Gasteiger partial charge in [-0.15, -0.1) is 0 Å². The number of fused-ring (bicyclic) bond motifs is 1. The summed E-state index contributed by atoms with van der Waals surface area (Å²) < 4.78 is 0. The van der Waals surface area contributed by atoms with Crippen molar-refractivity contribution in [1.29, 1.82) is 0 Å². The molecule has 2 aromatic rings. The third-order valence-corrected chi connectivity index (χ3v) is 5.02. The van der Waals surface area contributed by atoms with E-state index in [0.29, 0.717) is 32.1 Å². The molecule has 0 bridgehead atoms. The standard InChI is InChI=1S/C18H16ClN5O3/c19-13-4-1-3-12-15(13)17(27)24(16(12)26)11-14(25)22-7-9-23(10-8-22)18-20-5-2-6-21-18/h1-6H,7-11H2. The van der Waals surface area contributed by atoms with E-state index < -0.39 is 11.8 Å². The van der Waals surface area contributed by atoms with E-state index in [1.165, 1.54) is 0 Å². The highest BCUT2D eigenvalue weighted by atomic mass is 35.5. The first kappa shape index (κ1) is 17.4. The number of halogens is 1. The molecule has 27 heavy (non-hydrogen) atoms. The van der Waals surface area contributed by atoms with Crippen LogP contribution in [0.5, 0.6) is 0 Å². The number of rotatable bonds is 3. The molecule has 9 heteroatoms. The minimum Gasteiger partial charge on any atom is -0.338 e. The minimum absolute atomic E-state index is 0.169. The van der Waals surface area contributed by atoms with Crippen molar-refractivity contribution in [3.05, 3.63) is 52.8 Å². The maximum atomic E-state index is 12.6. The van der Waals surface area contributed by atoms with Crippen molar-refractivity contribution in [1.82, 2.24) is 19.8 Å². The van der Waals surface area contributed by atoms with Crippen molar-refractivity contribution < 1.29 is 14.4 Å². The number of hydrogen-bond donors (Lipinski definition) is 0. The van der Waals surface area contributed by atoms with Gasteiger partial charge < -0.3 is 9.80 Å². The zero-order chi connectivity index (χ0) is 19.0. The van der Waals surface area contributed by atoms with Crippen molar-refractivity contribution >= 4 is 35.3 Å². The number of anilines is 1. The Labute approximate surface area is 160 Å². The highest BCUT2D eigenvalue weighted by molar-refractivity contribution is 6.37. The summed E-state index contributed by atoms with van der Waals surface area (Å²) in [7, 11) is 0. The van der Waals surface area contributed by atoms with E-state index in [0.717, 1.165) is 4.90 Å². The Kier molecular flexibility index (Phi) is 4.49. The molecule has 1 saturated heterocycles. The summed E-state index contributed by atoms with van der Waals surface area (Å²) >= 11 is 6.04. The molecule has 0 atom stereocenters. The largest absolute Gasteiger partial charge is 0.338 e. The molecule has 2 aliphatic rings. The predicted molar refractivity (Wildman–Crippen MR) is 97.6 cm³/mol. The number of piperazine rings is 1. The molecule has 8 nitrogen and oxygen atoms in total. The SMILES string of the molecule is O=C(CN1C(=O)c2cccc(Cl)c2C1=O)N1CCN(c2ncccn2)CC1. The van der Waals surface area contributed by atoms with E-state index in [9.17, 15) is 14.4 Å². The van der Waals surface area contributed by atoms with Crippen molar-refractivity contribution in [2.75, 3.05) is 37.6 Å². The number of nitrogens with zero attached hydrogens (tertiary/aromatic N) is 5. The van der Waals surface area contributed by atoms with Crippen LogP contribution in [0.3, 0.4) is 0 Å². The normalized spacial score (nSPS) is 16.7. The Morgan fingerprint density at radius 2 is 1.70 bits per heavy atom. The Bertz CT molecular complexity index is 912. The Morgan fingerprint density at radius 1 is 1.00 bits per heavy atom. The summed E-state index contributed by atoms with van der Waals surface area (Å²) in [4.78, 5) is 50.6. The number of carbonyl (C=O) groups excluding carboxylic acids is 3. The molecule has 3 heterocycles. The first-order valence-electron chi connectivity index (χ1n) is 8.50. The zero-order valence-corrected chi connectivity index (χ0v) is 15.1. The average Bonchev–Trinajstić information content (AvgIpc) is 2.94. The molecule has 2 aliphatic heterocycles. The monoisotopic (exact) mass is 385 g/mol. The summed E-state index contributed by atoms with van der Waals surface area (Å²) in [5.41, 5.74) is 0.411. The smallest absolute Gasteiger partial charge is 0.263 e. The quantitative estimate of drug-likeness (QED) is 0.735. The fourth-order valence-corrected chi connectivity index (χ4v) is 3.54. The van der Waals surface area contributed by atoms with Gasteiger partial charge in [0.1, 0.15) is 6.54 Å². The van der Waals surface area contributed by atoms with Gasteiger partial charge in [0.05, 0.1) is 16.1 Å². The molecular formula is C18H16ClN5O3. The number of benzene rings is 1. The highest BCUT2D eigenvalue weighted by Crippen LogP contribution is 2.29. The van der Waals surface area contributed by atoms with Gasteiger partial charge in [0.15, 0.2) is 0 Å². The maximum Gasteiger partial charge on any atom is 0.263 e. The molecular weight excluding hydrogens is 370 g/mol. The number of aromatic nitrogens is 2. The Hall–Kier alpha value is -3.00. The lowest BCUT2D eigenvalue weighted by molar-refractivity contribution is -0.131. The number of carbonyl (C=O) groups is 3. The second-order valence-corrected chi connectivity index (χ2v) is 6.68. The van der Waals surface area contributed by atoms with Crippen LogP contribution in [0.15, 0.2) is 36.7 Å². The lowest BCUT2D eigenvalue weighted by Gasteiger charge is -2.35. The summed E-state index contributed by atoms with van der Waals surface area (Å²) in [6, 6.07) is 6.46. The van der Waals surface area contributed by atoms with Crippen molar-refractivity contribution in [3.8, 4) is 0 Å². The summed E-state index contributed by atoms with van der Waals surface area (Å²) in [6.07, 6.45) is 3.35. The first-order chi connectivity index (χ1) is 13.1. The molecule has 3 amide bonds. The van der Waals surface area contributed by atoms with Gasteiger partial charge >= 0.3 is 0 Å². The molecule has 0 N–H and O–H groups in total. The third kappa shape index (κ3) is 3.12. The van der Waals surface area contributed by atoms with Crippen LogP contribution in [0.4, 0.5) is 5.95 Å². The lowest BCUT2D eigenvalue weighted by atomic mass is 10.1.